The summed E-state index contributed by atoms with van der Waals surface area (Å²) in [5, 5.41) is 14.9. The monoisotopic (exact) mass is 341 g/mol. The predicted octanol–water partition coefficient (Wildman–Crippen LogP) is 3.35. The largest absolute Gasteiger partial charge is 0.454 e. The first-order chi connectivity index (χ1) is 12.4. The minimum atomic E-state index is 0.290. The Labute approximate surface area is 147 Å². The van der Waals surface area contributed by atoms with E-state index in [1.54, 1.807) is 6.20 Å². The quantitative estimate of drug-likeness (QED) is 0.807. The zero-order chi connectivity index (χ0) is 16.9. The van der Waals surface area contributed by atoms with Gasteiger partial charge in [0, 0.05) is 12.6 Å². The van der Waals surface area contributed by atoms with Gasteiger partial charge in [-0.1, -0.05) is 31.7 Å². The lowest BCUT2D eigenvalue weighted by Gasteiger charge is -2.16. The third-order valence-corrected chi connectivity index (χ3v) is 4.66. The van der Waals surface area contributed by atoms with Gasteiger partial charge in [0.25, 0.3) is 0 Å². The van der Waals surface area contributed by atoms with Crippen LogP contribution < -0.4 is 20.1 Å². The molecule has 7 heteroatoms. The van der Waals surface area contributed by atoms with Crippen LogP contribution in [0.3, 0.4) is 0 Å². The standard InChI is InChI=1S/C18H23N5O2/c1-2-4-6-14(5-3-1)21-18-22-17(11-20-23-18)19-10-13-7-8-15-16(9-13)25-12-24-15/h7-9,11,14H,1-6,10,12H2,(H2,19,21,22,23). The van der Waals surface area contributed by atoms with Crippen LogP contribution in [0.25, 0.3) is 0 Å². The first kappa shape index (κ1) is 15.9. The molecule has 0 amide bonds. The van der Waals surface area contributed by atoms with Crippen molar-refractivity contribution in [2.75, 3.05) is 17.4 Å². The number of nitrogens with one attached hydrogen (secondary N) is 2. The maximum Gasteiger partial charge on any atom is 0.244 e. The molecule has 2 N–H and O–H groups in total. The van der Waals surface area contributed by atoms with Gasteiger partial charge in [0.1, 0.15) is 0 Å². The molecule has 0 radical (unpaired) electrons. The van der Waals surface area contributed by atoms with Crippen molar-refractivity contribution in [3.05, 3.63) is 30.0 Å². The van der Waals surface area contributed by atoms with Crippen LogP contribution in [0.1, 0.15) is 44.1 Å². The molecule has 2 heterocycles. The van der Waals surface area contributed by atoms with Crippen molar-refractivity contribution in [1.29, 1.82) is 0 Å². The Bertz CT molecular complexity index is 716. The Balaban J connectivity index is 1.36. The van der Waals surface area contributed by atoms with Crippen molar-refractivity contribution in [1.82, 2.24) is 15.2 Å². The highest BCUT2D eigenvalue weighted by molar-refractivity contribution is 5.46. The Kier molecular flexibility index (Phi) is 4.81. The zero-order valence-corrected chi connectivity index (χ0v) is 14.2. The molecule has 0 bridgehead atoms. The van der Waals surface area contributed by atoms with E-state index in [0.29, 0.717) is 24.4 Å². The second-order valence-electron chi connectivity index (χ2n) is 6.54. The summed E-state index contributed by atoms with van der Waals surface area (Å²) in [7, 11) is 0. The average molecular weight is 341 g/mol. The number of ether oxygens (including phenoxy) is 2. The fraction of sp³-hybridized carbons (Fsp3) is 0.500. The molecule has 7 nitrogen and oxygen atoms in total. The van der Waals surface area contributed by atoms with Gasteiger partial charge >= 0.3 is 0 Å². The highest BCUT2D eigenvalue weighted by Crippen LogP contribution is 2.32. The molecular weight excluding hydrogens is 318 g/mol. The number of nitrogens with zero attached hydrogens (tertiary/aromatic N) is 3. The summed E-state index contributed by atoms with van der Waals surface area (Å²) in [6, 6.07) is 6.37. The van der Waals surface area contributed by atoms with E-state index in [4.69, 9.17) is 9.47 Å². The molecule has 132 valence electrons. The maximum atomic E-state index is 5.41. The lowest BCUT2D eigenvalue weighted by Crippen LogP contribution is -2.20. The van der Waals surface area contributed by atoms with Gasteiger partial charge in [-0.05, 0) is 30.5 Å². The summed E-state index contributed by atoms with van der Waals surface area (Å²) in [6.45, 7) is 0.927. The van der Waals surface area contributed by atoms with Crippen LogP contribution in [0.15, 0.2) is 24.4 Å². The molecule has 0 atom stereocenters. The molecular formula is C18H23N5O2. The van der Waals surface area contributed by atoms with Crippen molar-refractivity contribution in [2.24, 2.45) is 0 Å². The van der Waals surface area contributed by atoms with Gasteiger partial charge in [0.15, 0.2) is 17.3 Å². The van der Waals surface area contributed by atoms with Gasteiger partial charge in [-0.25, -0.2) is 0 Å². The van der Waals surface area contributed by atoms with E-state index >= 15 is 0 Å². The van der Waals surface area contributed by atoms with Crippen molar-refractivity contribution in [2.45, 2.75) is 51.1 Å². The number of hydrogen-bond acceptors (Lipinski definition) is 7. The minimum absolute atomic E-state index is 0.290. The molecule has 1 aliphatic carbocycles. The van der Waals surface area contributed by atoms with Crippen LogP contribution in [-0.4, -0.2) is 28.0 Å². The van der Waals surface area contributed by atoms with E-state index < -0.39 is 0 Å². The third-order valence-electron chi connectivity index (χ3n) is 4.66. The van der Waals surface area contributed by atoms with Crippen LogP contribution in [-0.2, 0) is 6.54 Å². The molecule has 2 aliphatic rings. The Morgan fingerprint density at radius 2 is 1.88 bits per heavy atom. The highest BCUT2D eigenvalue weighted by atomic mass is 16.7. The SMILES string of the molecule is c1cc2c(cc1CNc1cnnc(NC3CCCCCC3)n1)OCO2. The topological polar surface area (TPSA) is 81.2 Å². The molecule has 0 unspecified atom stereocenters. The minimum Gasteiger partial charge on any atom is -0.454 e. The van der Waals surface area contributed by atoms with Crippen LogP contribution in [0.5, 0.6) is 11.5 Å². The number of rotatable bonds is 5. The second kappa shape index (κ2) is 7.55. The fourth-order valence-electron chi connectivity index (χ4n) is 3.30. The fourth-order valence-corrected chi connectivity index (χ4v) is 3.30. The average Bonchev–Trinajstić information content (AvgIpc) is 2.96. The normalized spacial score (nSPS) is 17.1. The smallest absolute Gasteiger partial charge is 0.244 e. The molecule has 1 aliphatic heterocycles. The maximum absolute atomic E-state index is 5.41. The van der Waals surface area contributed by atoms with Gasteiger partial charge in [-0.2, -0.15) is 10.1 Å². The van der Waals surface area contributed by atoms with E-state index in [9.17, 15) is 0 Å². The van der Waals surface area contributed by atoms with E-state index in [-0.39, 0.29) is 6.79 Å². The summed E-state index contributed by atoms with van der Waals surface area (Å²) < 4.78 is 10.7. The van der Waals surface area contributed by atoms with Crippen molar-refractivity contribution in [3.63, 3.8) is 0 Å². The van der Waals surface area contributed by atoms with Crippen LogP contribution >= 0.6 is 0 Å². The summed E-state index contributed by atoms with van der Waals surface area (Å²) in [4.78, 5) is 4.53. The van der Waals surface area contributed by atoms with Crippen molar-refractivity contribution >= 4 is 11.8 Å². The van der Waals surface area contributed by atoms with Gasteiger partial charge in [-0.15, -0.1) is 5.10 Å². The lowest BCUT2D eigenvalue weighted by atomic mass is 10.1. The second-order valence-corrected chi connectivity index (χ2v) is 6.54. The number of benzene rings is 1. The van der Waals surface area contributed by atoms with E-state index in [0.717, 1.165) is 17.1 Å². The van der Waals surface area contributed by atoms with Gasteiger partial charge in [-0.3, -0.25) is 0 Å². The van der Waals surface area contributed by atoms with Crippen LogP contribution in [0, 0.1) is 0 Å². The molecule has 2 aromatic rings. The number of fused-ring (bicyclic) bond motifs is 1. The lowest BCUT2D eigenvalue weighted by molar-refractivity contribution is 0.174. The van der Waals surface area contributed by atoms with Gasteiger partial charge in [0.05, 0.1) is 6.20 Å². The predicted molar refractivity (Wildman–Crippen MR) is 94.8 cm³/mol. The number of anilines is 2. The Morgan fingerprint density at radius 1 is 1.04 bits per heavy atom. The molecule has 1 saturated carbocycles. The number of hydrogen-bond donors (Lipinski definition) is 2. The molecule has 1 aromatic heterocycles. The van der Waals surface area contributed by atoms with Crippen molar-refractivity contribution in [3.8, 4) is 11.5 Å². The first-order valence-corrected chi connectivity index (χ1v) is 8.95. The zero-order valence-electron chi connectivity index (χ0n) is 14.2. The molecule has 25 heavy (non-hydrogen) atoms. The summed E-state index contributed by atoms with van der Waals surface area (Å²) in [6.07, 6.45) is 9.20. The summed E-state index contributed by atoms with van der Waals surface area (Å²) in [5.74, 6) is 2.89. The number of aromatic nitrogens is 3. The van der Waals surface area contributed by atoms with Crippen molar-refractivity contribution < 1.29 is 9.47 Å². The molecule has 1 fully saturated rings. The Hall–Kier alpha value is -2.57. The van der Waals surface area contributed by atoms with E-state index in [2.05, 4.69) is 25.8 Å². The highest BCUT2D eigenvalue weighted by Gasteiger charge is 2.14. The van der Waals surface area contributed by atoms with Gasteiger partial charge < -0.3 is 20.1 Å². The van der Waals surface area contributed by atoms with Crippen LogP contribution in [0.4, 0.5) is 11.8 Å². The van der Waals surface area contributed by atoms with Gasteiger partial charge in [0.2, 0.25) is 12.7 Å². The summed E-state index contributed by atoms with van der Waals surface area (Å²) in [5.41, 5.74) is 1.10. The summed E-state index contributed by atoms with van der Waals surface area (Å²) >= 11 is 0. The van der Waals surface area contributed by atoms with Crippen LogP contribution in [0.2, 0.25) is 0 Å². The molecule has 4 rings (SSSR count). The molecule has 0 saturated heterocycles. The molecule has 0 spiro atoms. The Morgan fingerprint density at radius 3 is 2.76 bits per heavy atom. The third kappa shape index (κ3) is 4.10. The van der Waals surface area contributed by atoms with E-state index in [1.165, 1.54) is 38.5 Å². The first-order valence-electron chi connectivity index (χ1n) is 8.95. The molecule has 1 aromatic carbocycles. The van der Waals surface area contributed by atoms with E-state index in [1.807, 2.05) is 18.2 Å².